The minimum absolute atomic E-state index is 0.157. The number of halogens is 1. The number of esters is 1. The van der Waals surface area contributed by atoms with Crippen LogP contribution in [0, 0.1) is 5.82 Å². The molecule has 5 nitrogen and oxygen atoms in total. The van der Waals surface area contributed by atoms with Crippen LogP contribution in [0.5, 0.6) is 0 Å². The molecule has 0 atom stereocenters. The smallest absolute Gasteiger partial charge is 0.409 e. The fraction of sp³-hybridized carbons (Fsp3) is 0.250. The average molecular weight is 251 g/mol. The highest BCUT2D eigenvalue weighted by Gasteiger charge is 2.26. The van der Waals surface area contributed by atoms with Crippen LogP contribution in [0.4, 0.5) is 4.39 Å². The van der Waals surface area contributed by atoms with Gasteiger partial charge in [0.2, 0.25) is 5.52 Å². The molecule has 0 unspecified atom stereocenters. The van der Waals surface area contributed by atoms with Gasteiger partial charge < -0.3 is 9.72 Å². The van der Waals surface area contributed by atoms with Gasteiger partial charge in [0.15, 0.2) is 0 Å². The van der Waals surface area contributed by atoms with Crippen LogP contribution < -0.4 is 10.1 Å². The fourth-order valence-corrected chi connectivity index (χ4v) is 1.77. The predicted molar refractivity (Wildman–Crippen MR) is 61.7 cm³/mol. The van der Waals surface area contributed by atoms with Gasteiger partial charge in [0.05, 0.1) is 6.61 Å². The summed E-state index contributed by atoms with van der Waals surface area (Å²) in [4.78, 5) is 26.0. The highest BCUT2D eigenvalue weighted by atomic mass is 19.1. The van der Waals surface area contributed by atoms with Gasteiger partial charge in [-0.3, -0.25) is 4.79 Å². The molecule has 0 spiro atoms. The van der Waals surface area contributed by atoms with Crippen molar-refractivity contribution in [3.63, 3.8) is 0 Å². The molecule has 0 aliphatic carbocycles. The van der Waals surface area contributed by atoms with Gasteiger partial charge in [-0.05, 0) is 19.1 Å². The third kappa shape index (κ3) is 1.97. The van der Waals surface area contributed by atoms with Crippen molar-refractivity contribution in [1.82, 2.24) is 4.98 Å². The van der Waals surface area contributed by atoms with Gasteiger partial charge >= 0.3 is 17.2 Å². The predicted octanol–water partition coefficient (Wildman–Crippen LogP) is 0.668. The van der Waals surface area contributed by atoms with Gasteiger partial charge in [0, 0.05) is 6.07 Å². The average Bonchev–Trinajstić information content (AvgIpc) is 2.31. The zero-order valence-electron chi connectivity index (χ0n) is 9.99. The van der Waals surface area contributed by atoms with Crippen molar-refractivity contribution in [2.45, 2.75) is 6.92 Å². The number of carbonyl (C=O) groups is 1. The van der Waals surface area contributed by atoms with E-state index in [0.29, 0.717) is 11.0 Å². The molecule has 1 aromatic carbocycles. The molecule has 6 heteroatoms. The van der Waals surface area contributed by atoms with Crippen LogP contribution in [0.3, 0.4) is 0 Å². The lowest BCUT2D eigenvalue weighted by atomic mass is 10.2. The molecule has 2 aromatic rings. The Hall–Kier alpha value is -2.24. The first-order valence-corrected chi connectivity index (χ1v) is 5.43. The lowest BCUT2D eigenvalue weighted by Gasteiger charge is -2.02. The normalized spacial score (nSPS) is 10.6. The molecule has 1 aromatic heterocycles. The highest BCUT2D eigenvalue weighted by molar-refractivity contribution is 5.86. The van der Waals surface area contributed by atoms with E-state index in [4.69, 9.17) is 4.74 Å². The van der Waals surface area contributed by atoms with Crippen LogP contribution >= 0.6 is 0 Å². The first kappa shape index (κ1) is 12.2. The zero-order valence-corrected chi connectivity index (χ0v) is 9.99. The molecule has 94 valence electrons. The summed E-state index contributed by atoms with van der Waals surface area (Å²) in [6.07, 6.45) is 0. The Morgan fingerprint density at radius 3 is 2.89 bits per heavy atom. The molecule has 0 fully saturated rings. The summed E-state index contributed by atoms with van der Waals surface area (Å²) in [6, 6.07) is 3.93. The maximum atomic E-state index is 13.2. The quantitative estimate of drug-likeness (QED) is 0.630. The summed E-state index contributed by atoms with van der Waals surface area (Å²) in [6.45, 7) is 1.81. The number of fused-ring (bicyclic) bond motifs is 1. The summed E-state index contributed by atoms with van der Waals surface area (Å²) in [5.74, 6) is -1.17. The number of aromatic nitrogens is 2. The van der Waals surface area contributed by atoms with Crippen LogP contribution in [0.15, 0.2) is 23.0 Å². The molecule has 0 aliphatic heterocycles. The van der Waals surface area contributed by atoms with Crippen LogP contribution in [0.25, 0.3) is 11.0 Å². The first-order valence-electron chi connectivity index (χ1n) is 5.43. The summed E-state index contributed by atoms with van der Waals surface area (Å²) in [7, 11) is 1.52. The van der Waals surface area contributed by atoms with Gasteiger partial charge in [-0.15, -0.1) is 0 Å². The lowest BCUT2D eigenvalue weighted by Crippen LogP contribution is -2.45. The maximum absolute atomic E-state index is 13.2. The third-order valence-corrected chi connectivity index (χ3v) is 2.59. The van der Waals surface area contributed by atoms with Crippen molar-refractivity contribution in [2.24, 2.45) is 7.05 Å². The maximum Gasteiger partial charge on any atom is 0.409 e. The topological polar surface area (TPSA) is 63.0 Å². The Morgan fingerprint density at radius 1 is 1.50 bits per heavy atom. The number of aryl methyl sites for hydroxylation is 1. The van der Waals surface area contributed by atoms with E-state index in [-0.39, 0.29) is 12.3 Å². The molecule has 0 saturated heterocycles. The molecule has 0 amide bonds. The molecule has 1 heterocycles. The minimum atomic E-state index is -0.729. The van der Waals surface area contributed by atoms with Gasteiger partial charge in [0.25, 0.3) is 0 Å². The second kappa shape index (κ2) is 4.56. The largest absolute Gasteiger partial charge is 0.458 e. The molecule has 0 aliphatic rings. The molecule has 0 radical (unpaired) electrons. The minimum Gasteiger partial charge on any atom is -0.458 e. The van der Waals surface area contributed by atoms with Gasteiger partial charge in [0.1, 0.15) is 18.4 Å². The monoisotopic (exact) mass is 251 g/mol. The second-order valence-electron chi connectivity index (χ2n) is 3.74. The van der Waals surface area contributed by atoms with E-state index in [9.17, 15) is 14.0 Å². The standard InChI is InChI=1S/C12H11FN2O3/c1-3-18-12(17)10-11(16)14-8-5-4-7(13)6-9(8)15(10)2/h4-6H,3H2,1-2H3/p+1. The van der Waals surface area contributed by atoms with E-state index in [1.807, 2.05) is 0 Å². The van der Waals surface area contributed by atoms with E-state index in [2.05, 4.69) is 4.98 Å². The first-order chi connectivity index (χ1) is 8.54. The molecule has 1 N–H and O–H groups in total. The Balaban J connectivity index is 2.75. The van der Waals surface area contributed by atoms with Crippen molar-refractivity contribution in [3.8, 4) is 0 Å². The third-order valence-electron chi connectivity index (χ3n) is 2.59. The molecule has 18 heavy (non-hydrogen) atoms. The van der Waals surface area contributed by atoms with Crippen molar-refractivity contribution >= 4 is 17.0 Å². The summed E-state index contributed by atoms with van der Waals surface area (Å²) < 4.78 is 19.3. The molecular formula is C12H12FN2O3+. The van der Waals surface area contributed by atoms with Crippen molar-refractivity contribution in [1.29, 1.82) is 0 Å². The summed E-state index contributed by atoms with van der Waals surface area (Å²) in [5, 5.41) is 0. The SMILES string of the molecule is CCOC(=O)c1c(=O)[nH]c2ccc(F)cc2[n+]1C. The molecule has 2 rings (SSSR count). The number of benzene rings is 1. The summed E-state index contributed by atoms with van der Waals surface area (Å²) in [5.41, 5.74) is 0.152. The number of hydrogen-bond acceptors (Lipinski definition) is 3. The Kier molecular flexibility index (Phi) is 3.10. The zero-order chi connectivity index (χ0) is 13.3. The summed E-state index contributed by atoms with van der Waals surface area (Å²) >= 11 is 0. The van der Waals surface area contributed by atoms with E-state index >= 15 is 0 Å². The van der Waals surface area contributed by atoms with Crippen LogP contribution in [-0.2, 0) is 11.8 Å². The van der Waals surface area contributed by atoms with E-state index in [0.717, 1.165) is 0 Å². The van der Waals surface area contributed by atoms with Crippen LogP contribution in [-0.4, -0.2) is 17.6 Å². The van der Waals surface area contributed by atoms with Gasteiger partial charge in [-0.2, -0.15) is 4.57 Å². The number of aromatic amines is 1. The lowest BCUT2D eigenvalue weighted by molar-refractivity contribution is -0.648. The number of ether oxygens (including phenoxy) is 1. The number of carbonyl (C=O) groups excluding carboxylic acids is 1. The van der Waals surface area contributed by atoms with Crippen molar-refractivity contribution in [2.75, 3.05) is 6.61 Å². The van der Waals surface area contributed by atoms with Crippen LogP contribution in [0.1, 0.15) is 17.4 Å². The Morgan fingerprint density at radius 2 is 2.22 bits per heavy atom. The van der Waals surface area contributed by atoms with E-state index in [1.54, 1.807) is 6.92 Å². The molecule has 0 saturated carbocycles. The van der Waals surface area contributed by atoms with Crippen molar-refractivity contribution < 1.29 is 18.5 Å². The van der Waals surface area contributed by atoms with E-state index < -0.39 is 17.3 Å². The Labute approximate surface area is 102 Å². The number of hydrogen-bond donors (Lipinski definition) is 1. The number of nitrogens with zero attached hydrogens (tertiary/aromatic N) is 1. The number of rotatable bonds is 2. The van der Waals surface area contributed by atoms with Crippen LogP contribution in [0.2, 0.25) is 0 Å². The van der Waals surface area contributed by atoms with Gasteiger partial charge in [-0.25, -0.2) is 9.18 Å². The fourth-order valence-electron chi connectivity index (χ4n) is 1.77. The number of H-pyrrole nitrogens is 1. The second-order valence-corrected chi connectivity index (χ2v) is 3.74. The van der Waals surface area contributed by atoms with Gasteiger partial charge in [-0.1, -0.05) is 0 Å². The van der Waals surface area contributed by atoms with Crippen molar-refractivity contribution in [3.05, 3.63) is 40.1 Å². The molecule has 0 bridgehead atoms. The highest BCUT2D eigenvalue weighted by Crippen LogP contribution is 2.08. The molecular weight excluding hydrogens is 239 g/mol. The Bertz CT molecular complexity index is 679. The number of nitrogens with one attached hydrogen (secondary N) is 1. The van der Waals surface area contributed by atoms with E-state index in [1.165, 1.54) is 29.8 Å².